The lowest BCUT2D eigenvalue weighted by Crippen LogP contribution is -2.41. The Balaban J connectivity index is 1.99. The van der Waals surface area contributed by atoms with Gasteiger partial charge in [0.1, 0.15) is 0 Å². The van der Waals surface area contributed by atoms with Gasteiger partial charge >= 0.3 is 17.6 Å². The maximum Gasteiger partial charge on any atom is 0.591 e. The van der Waals surface area contributed by atoms with Gasteiger partial charge in [0.2, 0.25) is 0 Å². The first-order valence-corrected chi connectivity index (χ1v) is 16.1. The van der Waals surface area contributed by atoms with Crippen LogP contribution >= 0.6 is 0 Å². The molecule has 0 spiro atoms. The van der Waals surface area contributed by atoms with Crippen LogP contribution in [0.25, 0.3) is 43.1 Å². The zero-order chi connectivity index (χ0) is 28.3. The Bertz CT molecular complexity index is 1610. The number of rotatable bonds is 6. The van der Waals surface area contributed by atoms with Crippen LogP contribution in [0.4, 0.5) is 0 Å². The van der Waals surface area contributed by atoms with E-state index in [0.717, 1.165) is 54.2 Å². The molecule has 0 radical (unpaired) electrons. The van der Waals surface area contributed by atoms with Gasteiger partial charge in [0, 0.05) is 53.8 Å². The average Bonchev–Trinajstić information content (AvgIpc) is 3.01. The molecule has 0 fully saturated rings. The monoisotopic (exact) mass is 566 g/mol. The molecule has 5 rings (SSSR count). The first-order valence-electron chi connectivity index (χ1n) is 12.6. The van der Waals surface area contributed by atoms with Crippen molar-refractivity contribution in [3.63, 3.8) is 0 Å². The highest BCUT2D eigenvalue weighted by Gasteiger charge is 2.37. The van der Waals surface area contributed by atoms with E-state index >= 15 is 0 Å². The van der Waals surface area contributed by atoms with Gasteiger partial charge in [-0.05, 0) is 78.4 Å². The normalized spacial score (nSPS) is 11.9. The highest BCUT2D eigenvalue weighted by atomic mass is 28.4. The van der Waals surface area contributed by atoms with Crippen LogP contribution in [0, 0.1) is 22.9 Å². The molecule has 0 N–H and O–H groups in total. The van der Waals surface area contributed by atoms with Crippen molar-refractivity contribution < 1.29 is 26.6 Å². The van der Waals surface area contributed by atoms with E-state index in [4.69, 9.17) is 26.6 Å². The molecular weight excluding hydrogens is 537 g/mol. The molecule has 0 aliphatic carbocycles. The van der Waals surface area contributed by atoms with Crippen LogP contribution in [-0.2, 0) is 26.6 Å². The van der Waals surface area contributed by atoms with Crippen LogP contribution in [0.2, 0.25) is 0 Å². The van der Waals surface area contributed by atoms with Gasteiger partial charge in [-0.15, -0.1) is 0 Å². The smallest absolute Gasteiger partial charge is 0.367 e. The van der Waals surface area contributed by atoms with Crippen LogP contribution < -0.4 is 0 Å². The highest BCUT2D eigenvalue weighted by molar-refractivity contribution is 6.70. The summed E-state index contributed by atoms with van der Waals surface area (Å²) in [5.74, 6) is 6.82. The van der Waals surface area contributed by atoms with Gasteiger partial charge in [0.15, 0.2) is 0 Å². The first-order chi connectivity index (χ1) is 19.5. The molecule has 5 aromatic carbocycles. The molecule has 0 atom stereocenters. The zero-order valence-electron chi connectivity index (χ0n) is 23.4. The van der Waals surface area contributed by atoms with Crippen molar-refractivity contribution in [2.45, 2.75) is 0 Å². The van der Waals surface area contributed by atoms with Crippen molar-refractivity contribution in [3.05, 3.63) is 83.9 Å². The van der Waals surface area contributed by atoms with Crippen molar-refractivity contribution in [2.24, 2.45) is 0 Å². The van der Waals surface area contributed by atoms with E-state index < -0.39 is 17.6 Å². The molecule has 0 aromatic heterocycles. The maximum absolute atomic E-state index is 5.62. The van der Waals surface area contributed by atoms with Gasteiger partial charge in [-0.1, -0.05) is 60.4 Å². The van der Waals surface area contributed by atoms with Gasteiger partial charge in [-0.25, -0.2) is 0 Å². The second-order valence-corrected chi connectivity index (χ2v) is 14.3. The minimum atomic E-state index is -3.18. The Morgan fingerprint density at radius 2 is 0.675 bits per heavy atom. The largest absolute Gasteiger partial charge is 0.591 e. The van der Waals surface area contributed by atoms with Crippen LogP contribution in [-0.4, -0.2) is 60.3 Å². The molecule has 0 heterocycles. The molecular formula is C32H30O6Si2. The third-order valence-corrected chi connectivity index (χ3v) is 11.2. The summed E-state index contributed by atoms with van der Waals surface area (Å²) in [4.78, 5) is 0. The molecule has 40 heavy (non-hydrogen) atoms. The number of hydrogen-bond donors (Lipinski definition) is 0. The summed E-state index contributed by atoms with van der Waals surface area (Å²) >= 11 is 0. The van der Waals surface area contributed by atoms with E-state index in [1.54, 1.807) is 42.7 Å². The topological polar surface area (TPSA) is 55.4 Å². The van der Waals surface area contributed by atoms with E-state index in [1.165, 1.54) is 0 Å². The van der Waals surface area contributed by atoms with Crippen molar-refractivity contribution in [1.29, 1.82) is 0 Å². The average molecular weight is 567 g/mol. The molecule has 0 saturated carbocycles. The fourth-order valence-corrected chi connectivity index (χ4v) is 7.12. The van der Waals surface area contributed by atoms with Gasteiger partial charge < -0.3 is 26.6 Å². The number of benzene rings is 5. The standard InChI is InChI=1S/C32H30O6Si2/c1-33-39(34-2,35-3)17-15-27-29-19-23-11-7-9-13-25(23)21-31(29)28(16-18-40(36-4,37-5)38-6)32-22-26-14-10-8-12-24(26)20-30(27)32/h7-14,19-22H,1-6H3. The molecule has 0 amide bonds. The molecule has 6 nitrogen and oxygen atoms in total. The SMILES string of the molecule is CO[Si](C#Cc1c2cc3ccccc3cc2c(C#C[Si](OC)(OC)OC)c2cc3ccccc3cc12)(OC)OC. The maximum atomic E-state index is 5.62. The Labute approximate surface area is 236 Å². The Morgan fingerprint density at radius 3 is 0.900 bits per heavy atom. The van der Waals surface area contributed by atoms with E-state index in [-0.39, 0.29) is 0 Å². The quantitative estimate of drug-likeness (QED) is 0.146. The van der Waals surface area contributed by atoms with Crippen LogP contribution in [0.1, 0.15) is 11.1 Å². The van der Waals surface area contributed by atoms with Crippen molar-refractivity contribution in [1.82, 2.24) is 0 Å². The van der Waals surface area contributed by atoms with Gasteiger partial charge in [0.25, 0.3) is 0 Å². The summed E-state index contributed by atoms with van der Waals surface area (Å²) < 4.78 is 33.7. The summed E-state index contributed by atoms with van der Waals surface area (Å²) in [6.07, 6.45) is 0. The summed E-state index contributed by atoms with van der Waals surface area (Å²) in [5.41, 5.74) is 8.13. The lowest BCUT2D eigenvalue weighted by molar-refractivity contribution is 0.141. The Morgan fingerprint density at radius 1 is 0.425 bits per heavy atom. The minimum Gasteiger partial charge on any atom is -0.367 e. The Hall–Kier alpha value is -3.55. The van der Waals surface area contributed by atoms with E-state index in [0.29, 0.717) is 0 Å². The molecule has 0 saturated heterocycles. The third-order valence-electron chi connectivity index (χ3n) is 7.14. The molecule has 0 aliphatic heterocycles. The van der Waals surface area contributed by atoms with Crippen molar-refractivity contribution in [2.75, 3.05) is 42.7 Å². The van der Waals surface area contributed by atoms with E-state index in [2.05, 4.69) is 71.5 Å². The number of hydrogen-bond acceptors (Lipinski definition) is 6. The van der Waals surface area contributed by atoms with Gasteiger partial charge in [0.05, 0.1) is 0 Å². The molecule has 8 heteroatoms. The molecule has 0 bridgehead atoms. The van der Waals surface area contributed by atoms with Crippen LogP contribution in [0.15, 0.2) is 72.8 Å². The lowest BCUT2D eigenvalue weighted by atomic mass is 9.89. The second kappa shape index (κ2) is 11.5. The zero-order valence-corrected chi connectivity index (χ0v) is 25.4. The third kappa shape index (κ3) is 4.93. The Kier molecular flexibility index (Phi) is 8.06. The molecule has 0 aliphatic rings. The fraction of sp³-hybridized carbons (Fsp3) is 0.188. The van der Waals surface area contributed by atoms with Gasteiger partial charge in [-0.2, -0.15) is 0 Å². The van der Waals surface area contributed by atoms with Gasteiger partial charge in [-0.3, -0.25) is 0 Å². The number of fused-ring (bicyclic) bond motifs is 4. The second-order valence-electron chi connectivity index (χ2n) is 9.08. The molecule has 5 aromatic rings. The molecule has 0 unspecified atom stereocenters. The summed E-state index contributed by atoms with van der Waals surface area (Å²) in [6.45, 7) is 0. The minimum absolute atomic E-state index is 0.851. The first kappa shape index (κ1) is 28.0. The van der Waals surface area contributed by atoms with Crippen LogP contribution in [0.5, 0.6) is 0 Å². The highest BCUT2D eigenvalue weighted by Crippen LogP contribution is 2.37. The summed E-state index contributed by atoms with van der Waals surface area (Å²) in [5, 5.41) is 8.24. The van der Waals surface area contributed by atoms with Crippen molar-refractivity contribution in [3.8, 4) is 22.9 Å². The predicted molar refractivity (Wildman–Crippen MR) is 164 cm³/mol. The lowest BCUT2D eigenvalue weighted by Gasteiger charge is -2.18. The van der Waals surface area contributed by atoms with E-state index in [1.807, 2.05) is 24.3 Å². The van der Waals surface area contributed by atoms with E-state index in [9.17, 15) is 0 Å². The molecule has 202 valence electrons. The van der Waals surface area contributed by atoms with Crippen molar-refractivity contribution >= 4 is 60.7 Å². The summed E-state index contributed by atoms with van der Waals surface area (Å²) in [7, 11) is 2.97. The fourth-order valence-electron chi connectivity index (χ4n) is 4.95. The predicted octanol–water partition coefficient (Wildman–Crippen LogP) is 5.84. The van der Waals surface area contributed by atoms with Crippen LogP contribution in [0.3, 0.4) is 0 Å². The summed E-state index contributed by atoms with van der Waals surface area (Å²) in [6, 6.07) is 25.2.